The van der Waals surface area contributed by atoms with Gasteiger partial charge in [-0.05, 0) is 46.3 Å². The molecule has 0 saturated carbocycles. The molecule has 0 atom stereocenters. The monoisotopic (exact) mass is 349 g/mol. The van der Waals surface area contributed by atoms with Gasteiger partial charge in [0.15, 0.2) is 0 Å². The number of nitrogens with zero attached hydrogens (tertiary/aromatic N) is 1. The highest BCUT2D eigenvalue weighted by Gasteiger charge is 2.13. The first-order chi connectivity index (χ1) is 9.52. The molecule has 0 aliphatic heterocycles. The first kappa shape index (κ1) is 14.4. The Bertz CT molecular complexity index is 725. The maximum Gasteiger partial charge on any atom is 0.256 e. The highest BCUT2D eigenvalue weighted by atomic mass is 79.9. The van der Waals surface area contributed by atoms with Gasteiger partial charge in [-0.1, -0.05) is 17.7 Å². The van der Waals surface area contributed by atoms with Crippen LogP contribution in [0.5, 0.6) is 0 Å². The van der Waals surface area contributed by atoms with Crippen LogP contribution >= 0.6 is 27.5 Å². The molecule has 4 nitrogen and oxygen atoms in total. The SMILES string of the molecule is N#Cc1ccc(NC(=O)c2cccc(N)c2Br)c(Cl)c1. The van der Waals surface area contributed by atoms with E-state index in [4.69, 9.17) is 22.6 Å². The molecule has 1 amide bonds. The number of anilines is 2. The third-order valence-corrected chi connectivity index (χ3v) is 3.82. The Kier molecular flexibility index (Phi) is 4.28. The van der Waals surface area contributed by atoms with Crippen molar-refractivity contribution in [2.75, 3.05) is 11.1 Å². The van der Waals surface area contributed by atoms with Crippen molar-refractivity contribution < 1.29 is 4.79 Å². The van der Waals surface area contributed by atoms with Gasteiger partial charge in [0, 0.05) is 5.69 Å². The number of nitrogens with one attached hydrogen (secondary N) is 1. The van der Waals surface area contributed by atoms with Crippen LogP contribution in [-0.4, -0.2) is 5.91 Å². The van der Waals surface area contributed by atoms with Crippen molar-refractivity contribution >= 4 is 44.8 Å². The maximum atomic E-state index is 12.2. The van der Waals surface area contributed by atoms with Gasteiger partial charge in [-0.3, -0.25) is 4.79 Å². The van der Waals surface area contributed by atoms with Gasteiger partial charge in [-0.15, -0.1) is 0 Å². The van der Waals surface area contributed by atoms with Crippen molar-refractivity contribution in [2.24, 2.45) is 0 Å². The minimum Gasteiger partial charge on any atom is -0.398 e. The van der Waals surface area contributed by atoms with E-state index < -0.39 is 0 Å². The number of carbonyl (C=O) groups is 1. The lowest BCUT2D eigenvalue weighted by atomic mass is 10.1. The number of nitrogen functional groups attached to an aromatic ring is 1. The molecule has 0 unspecified atom stereocenters. The fourth-order valence-electron chi connectivity index (χ4n) is 1.60. The minimum atomic E-state index is -0.337. The standard InChI is InChI=1S/C14H9BrClN3O/c15-13-9(2-1-3-11(13)18)14(20)19-12-5-4-8(7-17)6-10(12)16/h1-6H,18H2,(H,19,20). The van der Waals surface area contributed by atoms with Gasteiger partial charge in [-0.2, -0.15) is 5.26 Å². The normalized spacial score (nSPS) is 9.85. The lowest BCUT2D eigenvalue weighted by Crippen LogP contribution is -2.13. The van der Waals surface area contributed by atoms with Gasteiger partial charge in [0.05, 0.1) is 32.4 Å². The van der Waals surface area contributed by atoms with Crippen LogP contribution in [0.3, 0.4) is 0 Å². The van der Waals surface area contributed by atoms with Crippen LogP contribution in [-0.2, 0) is 0 Å². The van der Waals surface area contributed by atoms with Gasteiger partial charge in [0.2, 0.25) is 0 Å². The van der Waals surface area contributed by atoms with E-state index >= 15 is 0 Å². The fraction of sp³-hybridized carbons (Fsp3) is 0. The van der Waals surface area contributed by atoms with Crippen molar-refractivity contribution in [3.8, 4) is 6.07 Å². The zero-order valence-corrected chi connectivity index (χ0v) is 12.5. The zero-order chi connectivity index (χ0) is 14.7. The highest BCUT2D eigenvalue weighted by Crippen LogP contribution is 2.27. The fourth-order valence-corrected chi connectivity index (χ4v) is 2.27. The molecule has 0 aliphatic rings. The molecule has 2 rings (SSSR count). The minimum absolute atomic E-state index is 0.303. The van der Waals surface area contributed by atoms with Crippen molar-refractivity contribution in [3.63, 3.8) is 0 Å². The van der Waals surface area contributed by atoms with E-state index in [-0.39, 0.29) is 5.91 Å². The summed E-state index contributed by atoms with van der Waals surface area (Å²) in [5, 5.41) is 11.7. The van der Waals surface area contributed by atoms with Crippen LogP contribution in [0, 0.1) is 11.3 Å². The second kappa shape index (κ2) is 5.95. The van der Waals surface area contributed by atoms with Gasteiger partial charge < -0.3 is 11.1 Å². The van der Waals surface area contributed by atoms with E-state index in [2.05, 4.69) is 21.2 Å². The molecule has 0 fully saturated rings. The number of halogens is 2. The Morgan fingerprint density at radius 1 is 1.35 bits per heavy atom. The number of nitriles is 1. The molecule has 0 radical (unpaired) electrons. The summed E-state index contributed by atoms with van der Waals surface area (Å²) in [5.74, 6) is -0.337. The number of benzene rings is 2. The number of nitrogens with two attached hydrogens (primary N) is 1. The third-order valence-electron chi connectivity index (χ3n) is 2.62. The molecule has 20 heavy (non-hydrogen) atoms. The highest BCUT2D eigenvalue weighted by molar-refractivity contribution is 9.10. The quantitative estimate of drug-likeness (QED) is 0.808. The Morgan fingerprint density at radius 3 is 2.75 bits per heavy atom. The maximum absolute atomic E-state index is 12.2. The first-order valence-corrected chi connectivity index (χ1v) is 6.75. The van der Waals surface area contributed by atoms with Gasteiger partial charge >= 0.3 is 0 Å². The topological polar surface area (TPSA) is 78.9 Å². The third kappa shape index (κ3) is 2.93. The van der Waals surface area contributed by atoms with Crippen molar-refractivity contribution in [3.05, 3.63) is 57.0 Å². The summed E-state index contributed by atoms with van der Waals surface area (Å²) in [6, 6.07) is 11.7. The molecule has 0 spiro atoms. The summed E-state index contributed by atoms with van der Waals surface area (Å²) in [5.41, 5.74) is 7.48. The Labute approximate surface area is 129 Å². The number of carbonyl (C=O) groups excluding carboxylic acids is 1. The van der Waals surface area contributed by atoms with Crippen LogP contribution < -0.4 is 11.1 Å². The van der Waals surface area contributed by atoms with Gasteiger partial charge in [0.25, 0.3) is 5.91 Å². The van der Waals surface area contributed by atoms with E-state index in [9.17, 15) is 4.79 Å². The second-order valence-corrected chi connectivity index (χ2v) is 5.17. The summed E-state index contributed by atoms with van der Waals surface area (Å²) in [6.45, 7) is 0. The molecule has 0 saturated heterocycles. The molecular weight excluding hydrogens is 342 g/mol. The number of hydrogen-bond donors (Lipinski definition) is 2. The van der Waals surface area contributed by atoms with Crippen LogP contribution in [0.2, 0.25) is 5.02 Å². The zero-order valence-electron chi connectivity index (χ0n) is 10.2. The molecule has 3 N–H and O–H groups in total. The van der Waals surface area contributed by atoms with Crippen LogP contribution in [0.25, 0.3) is 0 Å². The predicted molar refractivity (Wildman–Crippen MR) is 82.7 cm³/mol. The van der Waals surface area contributed by atoms with E-state index in [1.165, 1.54) is 6.07 Å². The van der Waals surface area contributed by atoms with E-state index in [0.29, 0.717) is 32.0 Å². The van der Waals surface area contributed by atoms with E-state index in [0.717, 1.165) is 0 Å². The Morgan fingerprint density at radius 2 is 2.10 bits per heavy atom. The smallest absolute Gasteiger partial charge is 0.256 e. The lowest BCUT2D eigenvalue weighted by Gasteiger charge is -2.09. The molecular formula is C14H9BrClN3O. The second-order valence-electron chi connectivity index (χ2n) is 3.97. The van der Waals surface area contributed by atoms with E-state index in [1.54, 1.807) is 30.3 Å². The number of rotatable bonds is 2. The number of amides is 1. The molecule has 0 aliphatic carbocycles. The summed E-state index contributed by atoms with van der Waals surface area (Å²) in [6.07, 6.45) is 0. The predicted octanol–water partition coefficient (Wildman–Crippen LogP) is 3.81. The Balaban J connectivity index is 2.29. The Hall–Kier alpha value is -2.03. The van der Waals surface area contributed by atoms with Crippen molar-refractivity contribution in [2.45, 2.75) is 0 Å². The molecule has 0 heterocycles. The largest absolute Gasteiger partial charge is 0.398 e. The van der Waals surface area contributed by atoms with Crippen molar-refractivity contribution in [1.29, 1.82) is 5.26 Å². The summed E-state index contributed by atoms with van der Waals surface area (Å²) in [4.78, 5) is 12.2. The molecule has 2 aromatic carbocycles. The van der Waals surface area contributed by atoms with Crippen LogP contribution in [0.4, 0.5) is 11.4 Å². The van der Waals surface area contributed by atoms with Gasteiger partial charge in [-0.25, -0.2) is 0 Å². The molecule has 0 bridgehead atoms. The van der Waals surface area contributed by atoms with Gasteiger partial charge in [0.1, 0.15) is 0 Å². The van der Waals surface area contributed by atoms with Crippen LogP contribution in [0.1, 0.15) is 15.9 Å². The molecule has 100 valence electrons. The lowest BCUT2D eigenvalue weighted by molar-refractivity contribution is 0.102. The summed E-state index contributed by atoms with van der Waals surface area (Å²) in [7, 11) is 0. The molecule has 0 aromatic heterocycles. The summed E-state index contributed by atoms with van der Waals surface area (Å²) < 4.78 is 0.530. The molecule has 6 heteroatoms. The first-order valence-electron chi connectivity index (χ1n) is 5.58. The van der Waals surface area contributed by atoms with Crippen molar-refractivity contribution in [1.82, 2.24) is 0 Å². The van der Waals surface area contributed by atoms with Crippen LogP contribution in [0.15, 0.2) is 40.9 Å². The average molecular weight is 351 g/mol. The molecule has 2 aromatic rings. The average Bonchev–Trinajstić information content (AvgIpc) is 2.44. The van der Waals surface area contributed by atoms with E-state index in [1.807, 2.05) is 6.07 Å². The number of hydrogen-bond acceptors (Lipinski definition) is 3. The summed E-state index contributed by atoms with van der Waals surface area (Å²) >= 11 is 9.28.